The summed E-state index contributed by atoms with van der Waals surface area (Å²) in [7, 11) is 0. The van der Waals surface area contributed by atoms with Crippen LogP contribution in [-0.4, -0.2) is 21.0 Å². The van der Waals surface area contributed by atoms with Crippen molar-refractivity contribution in [2.75, 3.05) is 0 Å². The van der Waals surface area contributed by atoms with Crippen molar-refractivity contribution in [3.8, 4) is 0 Å². The van der Waals surface area contributed by atoms with Gasteiger partial charge in [0.2, 0.25) is 0 Å². The van der Waals surface area contributed by atoms with Crippen molar-refractivity contribution in [2.24, 2.45) is 0 Å². The fourth-order valence-corrected chi connectivity index (χ4v) is 0.665. The highest BCUT2D eigenvalue weighted by Gasteiger charge is 1.97. The third-order valence-corrected chi connectivity index (χ3v) is 1.26. The van der Waals surface area contributed by atoms with Gasteiger partial charge in [-0.3, -0.25) is 4.98 Å². The number of hydrogen-bond acceptors (Lipinski definition) is 4. The van der Waals surface area contributed by atoms with Crippen molar-refractivity contribution in [3.63, 3.8) is 0 Å². The Morgan fingerprint density at radius 1 is 1.36 bits per heavy atom. The van der Waals surface area contributed by atoms with E-state index in [0.717, 1.165) is 0 Å². The smallest absolute Gasteiger partial charge is 0.337 e. The minimum atomic E-state index is -0.942. The maximum atomic E-state index is 10.2. The van der Waals surface area contributed by atoms with Crippen LogP contribution in [0.5, 0.6) is 0 Å². The van der Waals surface area contributed by atoms with Crippen LogP contribution in [0, 0.1) is 0 Å². The highest BCUT2D eigenvalue weighted by molar-refractivity contribution is 5.86. The van der Waals surface area contributed by atoms with Gasteiger partial charge in [0.25, 0.3) is 0 Å². The van der Waals surface area contributed by atoms with Crippen molar-refractivity contribution >= 4 is 5.97 Å². The lowest BCUT2D eigenvalue weighted by molar-refractivity contribution is 0.0696. The first-order valence-corrected chi connectivity index (χ1v) is 3.76. The lowest BCUT2D eigenvalue weighted by Gasteiger charge is -1.87. The number of carboxylic acid groups (broad SMARTS) is 1. The Bertz CT molecular complexity index is 342. The Morgan fingerprint density at radius 3 is 2.50 bits per heavy atom. The molecule has 0 saturated carbocycles. The van der Waals surface area contributed by atoms with E-state index in [9.17, 15) is 4.79 Å². The van der Waals surface area contributed by atoms with Gasteiger partial charge in [0.05, 0.1) is 11.8 Å². The molecule has 72 valence electrons. The fourth-order valence-electron chi connectivity index (χ4n) is 0.665. The molecule has 2 heterocycles. The summed E-state index contributed by atoms with van der Waals surface area (Å²) in [5.74, 6) is -0.942. The molecule has 0 unspecified atom stereocenters. The van der Waals surface area contributed by atoms with Crippen LogP contribution in [0.1, 0.15) is 10.4 Å². The second-order valence-corrected chi connectivity index (χ2v) is 2.22. The molecule has 0 aliphatic heterocycles. The zero-order chi connectivity index (χ0) is 10.2. The van der Waals surface area contributed by atoms with Crippen LogP contribution in [0.25, 0.3) is 0 Å². The van der Waals surface area contributed by atoms with Gasteiger partial charge in [-0.05, 0) is 12.1 Å². The zero-order valence-corrected chi connectivity index (χ0v) is 7.20. The van der Waals surface area contributed by atoms with E-state index < -0.39 is 5.97 Å². The van der Waals surface area contributed by atoms with E-state index in [1.54, 1.807) is 12.3 Å². The summed E-state index contributed by atoms with van der Waals surface area (Å²) in [6.07, 6.45) is 7.31. The quantitative estimate of drug-likeness (QED) is 0.740. The minimum Gasteiger partial charge on any atom is -0.478 e. The number of rotatable bonds is 1. The van der Waals surface area contributed by atoms with E-state index in [0.29, 0.717) is 0 Å². The van der Waals surface area contributed by atoms with E-state index >= 15 is 0 Å². The third kappa shape index (κ3) is 3.48. The summed E-state index contributed by atoms with van der Waals surface area (Å²) in [6.45, 7) is 0. The summed E-state index contributed by atoms with van der Waals surface area (Å²) in [6, 6.07) is 3.08. The summed E-state index contributed by atoms with van der Waals surface area (Å²) >= 11 is 0. The molecule has 2 aromatic heterocycles. The second kappa shape index (κ2) is 5.47. The van der Waals surface area contributed by atoms with Gasteiger partial charge in [0.15, 0.2) is 6.39 Å². The number of aromatic nitrogens is 2. The Morgan fingerprint density at radius 2 is 2.21 bits per heavy atom. The first-order valence-electron chi connectivity index (χ1n) is 3.76. The molecule has 14 heavy (non-hydrogen) atoms. The average molecular weight is 192 g/mol. The number of pyridine rings is 1. The molecule has 0 saturated heterocycles. The van der Waals surface area contributed by atoms with Crippen molar-refractivity contribution in [3.05, 3.63) is 48.9 Å². The number of nitrogens with zero attached hydrogens (tertiary/aromatic N) is 2. The van der Waals surface area contributed by atoms with Gasteiger partial charge in [-0.2, -0.15) is 0 Å². The highest BCUT2D eigenvalue weighted by Crippen LogP contribution is 1.92. The van der Waals surface area contributed by atoms with E-state index in [1.165, 1.54) is 31.1 Å². The summed E-state index contributed by atoms with van der Waals surface area (Å²) in [5, 5.41) is 8.34. The Kier molecular flexibility index (Phi) is 3.87. The summed E-state index contributed by atoms with van der Waals surface area (Å²) in [4.78, 5) is 17.3. The van der Waals surface area contributed by atoms with Gasteiger partial charge >= 0.3 is 5.97 Å². The SMILES string of the molecule is O=C(O)c1cccnc1.c1cocn1. The largest absolute Gasteiger partial charge is 0.478 e. The first-order chi connectivity index (χ1) is 6.80. The molecule has 2 rings (SSSR count). The fraction of sp³-hybridized carbons (Fsp3) is 0. The first kappa shape index (κ1) is 9.91. The van der Waals surface area contributed by atoms with Crippen LogP contribution in [0.4, 0.5) is 0 Å². The number of carbonyl (C=O) groups is 1. The van der Waals surface area contributed by atoms with E-state index in [4.69, 9.17) is 5.11 Å². The van der Waals surface area contributed by atoms with E-state index in [-0.39, 0.29) is 5.56 Å². The number of carboxylic acids is 1. The van der Waals surface area contributed by atoms with Crippen molar-refractivity contribution in [1.29, 1.82) is 0 Å². The predicted octanol–water partition coefficient (Wildman–Crippen LogP) is 1.45. The van der Waals surface area contributed by atoms with Crippen molar-refractivity contribution in [2.45, 2.75) is 0 Å². The molecular formula is C9H8N2O3. The zero-order valence-electron chi connectivity index (χ0n) is 7.20. The summed E-state index contributed by atoms with van der Waals surface area (Å²) < 4.78 is 4.47. The average Bonchev–Trinajstić information content (AvgIpc) is 2.77. The van der Waals surface area contributed by atoms with Crippen LogP contribution in [-0.2, 0) is 0 Å². The number of aromatic carboxylic acids is 1. The molecule has 0 fully saturated rings. The van der Waals surface area contributed by atoms with Gasteiger partial charge in [0, 0.05) is 12.4 Å². The molecule has 2 aromatic rings. The molecule has 5 heteroatoms. The third-order valence-electron chi connectivity index (χ3n) is 1.26. The Hall–Kier alpha value is -2.17. The molecule has 0 amide bonds. The molecule has 1 N–H and O–H groups in total. The lowest BCUT2D eigenvalue weighted by atomic mass is 10.3. The molecule has 0 aromatic carbocycles. The van der Waals surface area contributed by atoms with Crippen LogP contribution in [0.2, 0.25) is 0 Å². The van der Waals surface area contributed by atoms with Gasteiger partial charge in [0.1, 0.15) is 6.26 Å². The molecule has 0 aliphatic carbocycles. The van der Waals surface area contributed by atoms with Crippen LogP contribution >= 0.6 is 0 Å². The maximum Gasteiger partial charge on any atom is 0.337 e. The molecule has 5 nitrogen and oxygen atoms in total. The van der Waals surface area contributed by atoms with Crippen LogP contribution < -0.4 is 0 Å². The Labute approximate surface area is 80.0 Å². The number of oxazole rings is 1. The summed E-state index contributed by atoms with van der Waals surface area (Å²) in [5.41, 5.74) is 0.220. The normalized spacial score (nSPS) is 8.57. The molecule has 0 spiro atoms. The predicted molar refractivity (Wildman–Crippen MR) is 47.7 cm³/mol. The molecule has 0 atom stereocenters. The van der Waals surface area contributed by atoms with Crippen LogP contribution in [0.15, 0.2) is 47.8 Å². The lowest BCUT2D eigenvalue weighted by Crippen LogP contribution is -1.94. The maximum absolute atomic E-state index is 10.2. The van der Waals surface area contributed by atoms with Gasteiger partial charge < -0.3 is 9.52 Å². The van der Waals surface area contributed by atoms with Crippen LogP contribution in [0.3, 0.4) is 0 Å². The van der Waals surface area contributed by atoms with Gasteiger partial charge in [-0.25, -0.2) is 9.78 Å². The van der Waals surface area contributed by atoms with Gasteiger partial charge in [-0.1, -0.05) is 0 Å². The molecular weight excluding hydrogens is 184 g/mol. The molecule has 0 radical (unpaired) electrons. The minimum absolute atomic E-state index is 0.220. The van der Waals surface area contributed by atoms with Crippen molar-refractivity contribution < 1.29 is 14.3 Å². The number of hydrogen-bond donors (Lipinski definition) is 1. The van der Waals surface area contributed by atoms with E-state index in [2.05, 4.69) is 14.4 Å². The molecule has 0 aliphatic rings. The Balaban J connectivity index is 0.000000165. The monoisotopic (exact) mass is 192 g/mol. The molecule has 0 bridgehead atoms. The standard InChI is InChI=1S/C6H5NO2.C3H3NO/c8-6(9)5-2-1-3-7-4-5;1-2-5-3-4-1/h1-4H,(H,8,9);1-3H. The van der Waals surface area contributed by atoms with Gasteiger partial charge in [-0.15, -0.1) is 0 Å². The van der Waals surface area contributed by atoms with E-state index in [1.807, 2.05) is 0 Å². The highest BCUT2D eigenvalue weighted by atomic mass is 16.4. The topological polar surface area (TPSA) is 76.2 Å². The van der Waals surface area contributed by atoms with Crippen molar-refractivity contribution in [1.82, 2.24) is 9.97 Å². The second-order valence-electron chi connectivity index (χ2n) is 2.22.